The Labute approximate surface area is 442 Å². The van der Waals surface area contributed by atoms with E-state index >= 15 is 0 Å². The molecule has 0 aliphatic carbocycles. The maximum absolute atomic E-state index is 6.45. The van der Waals surface area contributed by atoms with E-state index < -0.39 is 0 Å². The van der Waals surface area contributed by atoms with Gasteiger partial charge in [-0.15, -0.1) is 11.3 Å². The number of hydrogen-bond donors (Lipinski definition) is 0. The molecule has 0 radical (unpaired) electrons. The minimum Gasteiger partial charge on any atom is -0.455 e. The quantitative estimate of drug-likeness (QED) is 0.156. The largest absolute Gasteiger partial charge is 0.455 e. The van der Waals surface area contributed by atoms with Gasteiger partial charge in [-0.2, -0.15) is 0 Å². The number of thiophene rings is 1. The van der Waals surface area contributed by atoms with Crippen molar-refractivity contribution in [1.29, 1.82) is 0 Å². The molecule has 0 N–H and O–H groups in total. The molecule has 4 heteroatoms. The normalized spacial score (nSPS) is 11.9. The van der Waals surface area contributed by atoms with E-state index in [0.29, 0.717) is 0 Å². The number of rotatable bonds is 7. The number of benzene rings is 12. The van der Waals surface area contributed by atoms with Gasteiger partial charge in [0.05, 0.1) is 22.1 Å². The first-order chi connectivity index (χ1) is 37.7. The number of aromatic nitrogens is 2. The summed E-state index contributed by atoms with van der Waals surface area (Å²) in [5, 5.41) is 9.79. The second-order valence-electron chi connectivity index (χ2n) is 20.0. The van der Waals surface area contributed by atoms with Gasteiger partial charge in [0.1, 0.15) is 11.2 Å². The lowest BCUT2D eigenvalue weighted by atomic mass is 9.97. The van der Waals surface area contributed by atoms with E-state index in [9.17, 15) is 0 Å². The summed E-state index contributed by atoms with van der Waals surface area (Å²) in [5.74, 6) is 0. The highest BCUT2D eigenvalue weighted by atomic mass is 32.1. The molecule has 0 aliphatic heterocycles. The molecule has 0 fully saturated rings. The maximum Gasteiger partial charge on any atom is 0.143 e. The lowest BCUT2D eigenvalue weighted by Gasteiger charge is -2.11. The third-order valence-corrected chi connectivity index (χ3v) is 17.1. The zero-order valence-corrected chi connectivity index (χ0v) is 41.9. The Morgan fingerprint density at radius 2 is 0.658 bits per heavy atom. The zero-order chi connectivity index (χ0) is 49.8. The Morgan fingerprint density at radius 1 is 0.250 bits per heavy atom. The summed E-state index contributed by atoms with van der Waals surface area (Å²) >= 11 is 1.90. The molecule has 4 heterocycles. The Morgan fingerprint density at radius 3 is 1.29 bits per heavy atom. The van der Waals surface area contributed by atoms with Crippen LogP contribution in [0.1, 0.15) is 0 Å². The van der Waals surface area contributed by atoms with Crippen molar-refractivity contribution in [2.24, 2.45) is 0 Å². The molecule has 0 saturated carbocycles. The fourth-order valence-electron chi connectivity index (χ4n) is 12.2. The predicted octanol–water partition coefficient (Wildman–Crippen LogP) is 20.5. The molecule has 3 nitrogen and oxygen atoms in total. The van der Waals surface area contributed by atoms with Crippen LogP contribution in [0.3, 0.4) is 0 Å². The highest BCUT2D eigenvalue weighted by molar-refractivity contribution is 7.26. The Bertz CT molecular complexity index is 4960. The van der Waals surface area contributed by atoms with Gasteiger partial charge in [-0.3, -0.25) is 0 Å². The molecule has 4 aromatic heterocycles. The SMILES string of the molecule is c1ccc(-c2cccc3c2sc2c(-c4ccc(-n5c6ccc(-c7ccc(-c8cccc9c8oc8ccccc89)cc7)cc6c6cc(-c7ccc8c(c7)c7ccccc7n8-c7ccccc7)ccc65)cc4)cccc23)cc1. The van der Waals surface area contributed by atoms with Crippen LogP contribution in [0.2, 0.25) is 0 Å². The molecular weight excluding hydrogens is 941 g/mol. The maximum atomic E-state index is 6.45. The van der Waals surface area contributed by atoms with Gasteiger partial charge in [0.2, 0.25) is 0 Å². The molecule has 354 valence electrons. The second-order valence-corrected chi connectivity index (χ2v) is 21.0. The van der Waals surface area contributed by atoms with Gasteiger partial charge >= 0.3 is 0 Å². The van der Waals surface area contributed by atoms with Crippen LogP contribution in [0.25, 0.3) is 153 Å². The van der Waals surface area contributed by atoms with Crippen LogP contribution in [0.15, 0.2) is 271 Å². The average molecular weight is 985 g/mol. The smallest absolute Gasteiger partial charge is 0.143 e. The minimum atomic E-state index is 0.909. The molecule has 0 unspecified atom stereocenters. The van der Waals surface area contributed by atoms with Gasteiger partial charge in [0, 0.05) is 69.4 Å². The van der Waals surface area contributed by atoms with Crippen molar-refractivity contribution < 1.29 is 4.42 Å². The van der Waals surface area contributed by atoms with Gasteiger partial charge in [0.25, 0.3) is 0 Å². The monoisotopic (exact) mass is 984 g/mol. The summed E-state index contributed by atoms with van der Waals surface area (Å²) in [7, 11) is 0. The number of nitrogens with zero attached hydrogens (tertiary/aromatic N) is 2. The van der Waals surface area contributed by atoms with Crippen LogP contribution in [0.4, 0.5) is 0 Å². The summed E-state index contributed by atoms with van der Waals surface area (Å²) in [6, 6.07) is 97.6. The number of furan rings is 1. The first-order valence-electron chi connectivity index (χ1n) is 26.0. The molecule has 0 spiro atoms. The third-order valence-electron chi connectivity index (χ3n) is 15.8. The molecule has 12 aromatic carbocycles. The molecule has 0 bridgehead atoms. The number of para-hydroxylation sites is 4. The first-order valence-corrected chi connectivity index (χ1v) is 26.8. The van der Waals surface area contributed by atoms with E-state index in [1.807, 2.05) is 23.5 Å². The highest BCUT2D eigenvalue weighted by Crippen LogP contribution is 2.45. The lowest BCUT2D eigenvalue weighted by Crippen LogP contribution is -1.94. The van der Waals surface area contributed by atoms with Crippen molar-refractivity contribution in [2.75, 3.05) is 0 Å². The van der Waals surface area contributed by atoms with E-state index in [-0.39, 0.29) is 0 Å². The van der Waals surface area contributed by atoms with E-state index in [4.69, 9.17) is 4.42 Å². The topological polar surface area (TPSA) is 23.0 Å². The third kappa shape index (κ3) is 6.61. The van der Waals surface area contributed by atoms with Gasteiger partial charge in [-0.25, -0.2) is 0 Å². The van der Waals surface area contributed by atoms with Crippen LogP contribution >= 0.6 is 11.3 Å². The average Bonchev–Trinajstić information content (AvgIpc) is 4.30. The number of fused-ring (bicyclic) bond motifs is 12. The van der Waals surface area contributed by atoms with Gasteiger partial charge < -0.3 is 13.6 Å². The van der Waals surface area contributed by atoms with Crippen LogP contribution in [-0.4, -0.2) is 9.13 Å². The second kappa shape index (κ2) is 16.9. The van der Waals surface area contributed by atoms with Gasteiger partial charge in [-0.1, -0.05) is 194 Å². The van der Waals surface area contributed by atoms with Crippen molar-refractivity contribution in [3.63, 3.8) is 0 Å². The Kier molecular flexibility index (Phi) is 9.51. The molecule has 0 amide bonds. The van der Waals surface area contributed by atoms with Crippen molar-refractivity contribution >= 4 is 97.1 Å². The summed E-state index contributed by atoms with van der Waals surface area (Å²) in [4.78, 5) is 0. The molecular formula is C72H44N2OS. The van der Waals surface area contributed by atoms with Gasteiger partial charge in [0.15, 0.2) is 0 Å². The van der Waals surface area contributed by atoms with E-state index in [1.54, 1.807) is 0 Å². The Hall–Kier alpha value is -9.74. The fourth-order valence-corrected chi connectivity index (χ4v) is 13.5. The molecule has 16 rings (SSSR count). The van der Waals surface area contributed by atoms with Gasteiger partial charge in [-0.05, 0) is 123 Å². The zero-order valence-electron chi connectivity index (χ0n) is 41.1. The van der Waals surface area contributed by atoms with E-state index in [2.05, 4.69) is 264 Å². The van der Waals surface area contributed by atoms with Crippen molar-refractivity contribution in [3.05, 3.63) is 267 Å². The van der Waals surface area contributed by atoms with Crippen molar-refractivity contribution in [1.82, 2.24) is 9.13 Å². The molecule has 16 aromatic rings. The standard InChI is InChI=1S/C72H44N2OS/c1-3-14-46(15-4-1)55-21-12-24-60-61-25-13-22-56(72(61)76-71(55)60)48-32-37-53(38-33-48)74-67-39-34-49(45-28-30-47(31-29-45)54-20-11-23-59-58-19-8-10-27-69(58)75-70(54)59)42-63(67)64-44-51(36-41-68(64)74)50-35-40-66-62(43-50)57-18-7-9-26-65(57)73(66)52-16-5-2-6-17-52/h1-44H. The van der Waals surface area contributed by atoms with Crippen LogP contribution in [0, 0.1) is 0 Å². The summed E-state index contributed by atoms with van der Waals surface area (Å²) < 4.78 is 13.9. The summed E-state index contributed by atoms with van der Waals surface area (Å²) in [6.07, 6.45) is 0. The van der Waals surface area contributed by atoms with Crippen LogP contribution < -0.4 is 0 Å². The molecule has 0 atom stereocenters. The predicted molar refractivity (Wildman–Crippen MR) is 322 cm³/mol. The Balaban J connectivity index is 0.832. The fraction of sp³-hybridized carbons (Fsp3) is 0. The summed E-state index contributed by atoms with van der Waals surface area (Å²) in [5.41, 5.74) is 20.8. The van der Waals surface area contributed by atoms with E-state index in [0.717, 1.165) is 50.0 Å². The molecule has 0 saturated heterocycles. The van der Waals surface area contributed by atoms with Crippen LogP contribution in [0.5, 0.6) is 0 Å². The first kappa shape index (κ1) is 42.7. The van der Waals surface area contributed by atoms with Crippen LogP contribution in [-0.2, 0) is 0 Å². The highest BCUT2D eigenvalue weighted by Gasteiger charge is 2.20. The minimum absolute atomic E-state index is 0.909. The molecule has 0 aliphatic rings. The lowest BCUT2D eigenvalue weighted by molar-refractivity contribution is 0.670. The summed E-state index contributed by atoms with van der Waals surface area (Å²) in [6.45, 7) is 0. The van der Waals surface area contributed by atoms with Crippen molar-refractivity contribution in [3.8, 4) is 67.0 Å². The number of hydrogen-bond acceptors (Lipinski definition) is 2. The molecule has 76 heavy (non-hydrogen) atoms. The van der Waals surface area contributed by atoms with E-state index in [1.165, 1.54) is 103 Å². The van der Waals surface area contributed by atoms with Crippen molar-refractivity contribution in [2.45, 2.75) is 0 Å².